The molecule has 2 aromatic carbocycles. The van der Waals surface area contributed by atoms with Crippen molar-refractivity contribution in [1.29, 1.82) is 0 Å². The summed E-state index contributed by atoms with van der Waals surface area (Å²) in [4.78, 5) is 17.7. The smallest absolute Gasteiger partial charge is 0.271 e. The van der Waals surface area contributed by atoms with E-state index in [-0.39, 0.29) is 18.1 Å². The molecule has 22 heavy (non-hydrogen) atoms. The van der Waals surface area contributed by atoms with Gasteiger partial charge in [-0.3, -0.25) is 4.79 Å². The fourth-order valence-corrected chi connectivity index (χ4v) is 2.29. The first-order valence-corrected chi connectivity index (χ1v) is 6.95. The van der Waals surface area contributed by atoms with Crippen LogP contribution in [0.5, 0.6) is 0 Å². The zero-order valence-electron chi connectivity index (χ0n) is 12.0. The number of carbonyl (C=O) groups excluding carboxylic acids is 1. The molecule has 4 nitrogen and oxygen atoms in total. The largest absolute Gasteiger partial charge is 0.379 e. The van der Waals surface area contributed by atoms with Gasteiger partial charge in [0.25, 0.3) is 5.91 Å². The summed E-state index contributed by atoms with van der Waals surface area (Å²) in [5, 5.41) is 6.68. The van der Waals surface area contributed by atoms with Gasteiger partial charge in [0.15, 0.2) is 0 Å². The van der Waals surface area contributed by atoms with Crippen molar-refractivity contribution in [3.63, 3.8) is 0 Å². The molecule has 0 saturated carbocycles. The summed E-state index contributed by atoms with van der Waals surface area (Å²) in [5.41, 5.74) is 0.326. The van der Waals surface area contributed by atoms with Gasteiger partial charge in [-0.15, -0.1) is 0 Å². The zero-order valence-corrected chi connectivity index (χ0v) is 12.0. The minimum Gasteiger partial charge on any atom is -0.379 e. The second-order valence-electron chi connectivity index (χ2n) is 5.34. The van der Waals surface area contributed by atoms with Crippen molar-refractivity contribution in [2.24, 2.45) is 5.16 Å². The second kappa shape index (κ2) is 5.60. The van der Waals surface area contributed by atoms with Crippen LogP contribution in [0.3, 0.4) is 0 Å². The van der Waals surface area contributed by atoms with E-state index < -0.39 is 5.60 Å². The summed E-state index contributed by atoms with van der Waals surface area (Å²) >= 11 is 0. The summed E-state index contributed by atoms with van der Waals surface area (Å²) in [6, 6.07) is 15.4. The molecule has 1 atom stereocenters. The van der Waals surface area contributed by atoms with E-state index in [0.717, 1.165) is 0 Å². The molecule has 0 bridgehead atoms. The molecule has 5 heteroatoms. The number of nitrogens with one attached hydrogen (secondary N) is 1. The van der Waals surface area contributed by atoms with Crippen molar-refractivity contribution in [2.45, 2.75) is 18.9 Å². The minimum absolute atomic E-state index is 0.215. The summed E-state index contributed by atoms with van der Waals surface area (Å²) in [7, 11) is 0. The number of hydrogen-bond donors (Lipinski definition) is 1. The number of nitrogens with zero attached hydrogens (tertiary/aromatic N) is 1. The Labute approximate surface area is 127 Å². The second-order valence-corrected chi connectivity index (χ2v) is 5.34. The number of carbonyl (C=O) groups is 1. The average molecular weight is 298 g/mol. The molecule has 1 amide bonds. The van der Waals surface area contributed by atoms with Gasteiger partial charge in [-0.2, -0.15) is 0 Å². The predicted molar refractivity (Wildman–Crippen MR) is 82.1 cm³/mol. The lowest BCUT2D eigenvalue weighted by atomic mass is 9.95. The Bertz CT molecular complexity index is 730. The number of benzene rings is 2. The van der Waals surface area contributed by atoms with E-state index in [0.29, 0.717) is 17.0 Å². The van der Waals surface area contributed by atoms with Crippen molar-refractivity contribution >= 4 is 17.3 Å². The third-order valence-electron chi connectivity index (χ3n) is 3.56. The quantitative estimate of drug-likeness (QED) is 0.944. The maximum atomic E-state index is 13.8. The molecule has 0 saturated heterocycles. The van der Waals surface area contributed by atoms with E-state index in [2.05, 4.69) is 10.5 Å². The molecule has 3 rings (SSSR count). The van der Waals surface area contributed by atoms with Crippen LogP contribution in [0.1, 0.15) is 18.9 Å². The van der Waals surface area contributed by atoms with E-state index >= 15 is 0 Å². The van der Waals surface area contributed by atoms with E-state index in [1.165, 1.54) is 6.07 Å². The van der Waals surface area contributed by atoms with Crippen LogP contribution in [0.4, 0.5) is 10.1 Å². The molecule has 0 fully saturated rings. The normalized spacial score (nSPS) is 20.2. The van der Waals surface area contributed by atoms with Gasteiger partial charge < -0.3 is 10.2 Å². The van der Waals surface area contributed by atoms with Gasteiger partial charge in [-0.05, 0) is 25.1 Å². The average Bonchev–Trinajstić information content (AvgIpc) is 2.92. The topological polar surface area (TPSA) is 50.7 Å². The molecule has 0 radical (unpaired) electrons. The van der Waals surface area contributed by atoms with Crippen LogP contribution in [0.15, 0.2) is 59.8 Å². The third-order valence-corrected chi connectivity index (χ3v) is 3.56. The number of para-hydroxylation sites is 1. The lowest BCUT2D eigenvalue weighted by molar-refractivity contribution is -0.135. The van der Waals surface area contributed by atoms with Gasteiger partial charge in [0.1, 0.15) is 5.82 Å². The van der Waals surface area contributed by atoms with Gasteiger partial charge in [0.05, 0.1) is 5.71 Å². The van der Waals surface area contributed by atoms with E-state index in [4.69, 9.17) is 4.84 Å². The first kappa shape index (κ1) is 14.3. The number of rotatable bonds is 3. The summed E-state index contributed by atoms with van der Waals surface area (Å²) in [6.07, 6.45) is 0.215. The molecule has 2 aromatic rings. The number of amides is 1. The molecule has 1 aliphatic rings. The summed E-state index contributed by atoms with van der Waals surface area (Å²) < 4.78 is 13.8. The number of hydrogen-bond acceptors (Lipinski definition) is 3. The Hall–Kier alpha value is -2.69. The van der Waals surface area contributed by atoms with Gasteiger partial charge >= 0.3 is 0 Å². The molecule has 0 spiro atoms. The lowest BCUT2D eigenvalue weighted by Crippen LogP contribution is -2.40. The molecule has 0 aromatic heterocycles. The molecule has 112 valence electrons. The van der Waals surface area contributed by atoms with Crippen LogP contribution in [-0.4, -0.2) is 17.2 Å². The Kier molecular flexibility index (Phi) is 3.63. The van der Waals surface area contributed by atoms with Crippen LogP contribution < -0.4 is 5.32 Å². The van der Waals surface area contributed by atoms with E-state index in [1.54, 1.807) is 37.3 Å². The number of halogens is 1. The van der Waals surface area contributed by atoms with Gasteiger partial charge in [-0.1, -0.05) is 41.6 Å². The lowest BCUT2D eigenvalue weighted by Gasteiger charge is -2.20. The van der Waals surface area contributed by atoms with Crippen molar-refractivity contribution in [1.82, 2.24) is 0 Å². The van der Waals surface area contributed by atoms with Crippen LogP contribution >= 0.6 is 0 Å². The third kappa shape index (κ3) is 2.70. The molecular formula is C17H15FN2O2. The first-order chi connectivity index (χ1) is 10.6. The Morgan fingerprint density at radius 3 is 2.59 bits per heavy atom. The highest BCUT2D eigenvalue weighted by Crippen LogP contribution is 2.28. The zero-order chi connectivity index (χ0) is 15.6. The Morgan fingerprint density at radius 1 is 1.18 bits per heavy atom. The fraction of sp³-hybridized carbons (Fsp3) is 0.176. The van der Waals surface area contributed by atoms with Crippen LogP contribution in [0.2, 0.25) is 0 Å². The van der Waals surface area contributed by atoms with Crippen LogP contribution in [0, 0.1) is 5.82 Å². The van der Waals surface area contributed by atoms with Crippen molar-refractivity contribution in [3.8, 4) is 0 Å². The fourth-order valence-electron chi connectivity index (χ4n) is 2.29. The molecule has 0 aliphatic carbocycles. The van der Waals surface area contributed by atoms with Crippen molar-refractivity contribution in [2.75, 3.05) is 5.32 Å². The maximum absolute atomic E-state index is 13.8. The highest BCUT2D eigenvalue weighted by Gasteiger charge is 2.42. The Balaban J connectivity index is 1.74. The summed E-state index contributed by atoms with van der Waals surface area (Å²) in [5.74, 6) is -0.689. The number of anilines is 1. The van der Waals surface area contributed by atoms with Crippen molar-refractivity contribution in [3.05, 3.63) is 66.0 Å². The van der Waals surface area contributed by atoms with Crippen molar-refractivity contribution < 1.29 is 14.0 Å². The molecule has 1 aliphatic heterocycles. The minimum atomic E-state index is -1.15. The Morgan fingerprint density at radius 2 is 1.86 bits per heavy atom. The number of oxime groups is 1. The molecule has 1 heterocycles. The van der Waals surface area contributed by atoms with Crippen LogP contribution in [0.25, 0.3) is 0 Å². The monoisotopic (exact) mass is 298 g/mol. The molecule has 0 unspecified atom stereocenters. The highest BCUT2D eigenvalue weighted by molar-refractivity contribution is 6.08. The van der Waals surface area contributed by atoms with E-state index in [1.807, 2.05) is 18.2 Å². The van der Waals surface area contributed by atoms with Gasteiger partial charge in [-0.25, -0.2) is 4.39 Å². The highest BCUT2D eigenvalue weighted by atomic mass is 19.1. The summed E-state index contributed by atoms with van der Waals surface area (Å²) in [6.45, 7) is 1.64. The first-order valence-electron chi connectivity index (χ1n) is 6.95. The van der Waals surface area contributed by atoms with Crippen LogP contribution in [-0.2, 0) is 9.63 Å². The standard InChI is InChI=1S/C17H15FN2O2/c1-17(16(21)19-12-7-3-2-4-8-12)11-15(20-22-17)13-9-5-6-10-14(13)18/h2-10H,11H2,1H3,(H,19,21)/t17-/m0/s1. The van der Waals surface area contributed by atoms with E-state index in [9.17, 15) is 9.18 Å². The predicted octanol–water partition coefficient (Wildman–Crippen LogP) is 3.35. The SMILES string of the molecule is C[C@@]1(C(=O)Nc2ccccc2)CC(c2ccccc2F)=NO1. The van der Waals surface area contributed by atoms with Gasteiger partial charge in [0, 0.05) is 17.7 Å². The van der Waals surface area contributed by atoms with Gasteiger partial charge in [0.2, 0.25) is 5.60 Å². The molecule has 1 N–H and O–H groups in total. The maximum Gasteiger partial charge on any atom is 0.271 e. The molecular weight excluding hydrogens is 283 g/mol.